The van der Waals surface area contributed by atoms with Crippen LogP contribution in [-0.2, 0) is 6.54 Å². The van der Waals surface area contributed by atoms with Crippen molar-refractivity contribution in [1.82, 2.24) is 15.3 Å². The Morgan fingerprint density at radius 3 is 2.67 bits per heavy atom. The number of hydrogen-bond acceptors (Lipinski definition) is 4. The van der Waals surface area contributed by atoms with E-state index in [0.717, 1.165) is 17.1 Å². The van der Waals surface area contributed by atoms with Gasteiger partial charge in [-0.2, -0.15) is 0 Å². The largest absolute Gasteiger partial charge is 0.459 e. The van der Waals surface area contributed by atoms with Crippen LogP contribution in [0.5, 0.6) is 0 Å². The average Bonchev–Trinajstić information content (AvgIpc) is 3.05. The van der Waals surface area contributed by atoms with Gasteiger partial charge in [-0.1, -0.05) is 30.3 Å². The van der Waals surface area contributed by atoms with E-state index in [4.69, 9.17) is 16.6 Å². The number of furan rings is 1. The standard InChI is InChI=1S/C16H12Br2N4OS/c17-13-9-19-15(14(18)21-13)22-16(24)20-8-11-6-7-12(23-11)10-4-2-1-3-5-10/h1-7,9H,8H2,(H2,19,20,22,24). The molecule has 0 atom stereocenters. The van der Waals surface area contributed by atoms with Crippen LogP contribution in [0.1, 0.15) is 5.76 Å². The molecule has 0 amide bonds. The van der Waals surface area contributed by atoms with Crippen molar-refractivity contribution in [3.05, 3.63) is 63.6 Å². The lowest BCUT2D eigenvalue weighted by atomic mass is 10.2. The maximum Gasteiger partial charge on any atom is 0.172 e. The van der Waals surface area contributed by atoms with E-state index < -0.39 is 0 Å². The molecule has 24 heavy (non-hydrogen) atoms. The van der Waals surface area contributed by atoms with Gasteiger partial charge in [0.25, 0.3) is 0 Å². The van der Waals surface area contributed by atoms with Gasteiger partial charge in [-0.3, -0.25) is 0 Å². The zero-order chi connectivity index (χ0) is 16.9. The van der Waals surface area contributed by atoms with E-state index in [-0.39, 0.29) is 0 Å². The Morgan fingerprint density at radius 1 is 1.12 bits per heavy atom. The third kappa shape index (κ3) is 4.40. The van der Waals surface area contributed by atoms with Crippen LogP contribution in [-0.4, -0.2) is 15.1 Å². The fourth-order valence-electron chi connectivity index (χ4n) is 1.98. The van der Waals surface area contributed by atoms with E-state index in [1.165, 1.54) is 0 Å². The molecular formula is C16H12Br2N4OS. The molecule has 0 aliphatic heterocycles. The van der Waals surface area contributed by atoms with Gasteiger partial charge >= 0.3 is 0 Å². The van der Waals surface area contributed by atoms with Crippen LogP contribution in [0.15, 0.2) is 62.3 Å². The molecule has 2 N–H and O–H groups in total. The normalized spacial score (nSPS) is 10.4. The zero-order valence-electron chi connectivity index (χ0n) is 12.3. The number of rotatable bonds is 4. The van der Waals surface area contributed by atoms with E-state index in [9.17, 15) is 0 Å². The van der Waals surface area contributed by atoms with Crippen molar-refractivity contribution >= 4 is 55.0 Å². The summed E-state index contributed by atoms with van der Waals surface area (Å²) in [6, 6.07) is 13.8. The molecule has 0 fully saturated rings. The van der Waals surface area contributed by atoms with Gasteiger partial charge < -0.3 is 15.1 Å². The molecule has 2 aromatic heterocycles. The summed E-state index contributed by atoms with van der Waals surface area (Å²) in [7, 11) is 0. The van der Waals surface area contributed by atoms with E-state index in [1.807, 2.05) is 42.5 Å². The highest BCUT2D eigenvalue weighted by atomic mass is 79.9. The van der Waals surface area contributed by atoms with Gasteiger partial charge in [-0.15, -0.1) is 0 Å². The van der Waals surface area contributed by atoms with Crippen LogP contribution < -0.4 is 10.6 Å². The van der Waals surface area contributed by atoms with Crippen molar-refractivity contribution in [1.29, 1.82) is 0 Å². The SMILES string of the molecule is S=C(NCc1ccc(-c2ccccc2)o1)Nc1ncc(Br)nc1Br. The predicted octanol–water partition coefficient (Wildman–Crippen LogP) is 4.75. The first-order valence-corrected chi connectivity index (χ1v) is 8.98. The van der Waals surface area contributed by atoms with E-state index in [0.29, 0.717) is 26.7 Å². The minimum absolute atomic E-state index is 0.435. The van der Waals surface area contributed by atoms with Crippen molar-refractivity contribution in [2.45, 2.75) is 6.54 Å². The van der Waals surface area contributed by atoms with Gasteiger partial charge in [0.1, 0.15) is 20.7 Å². The maximum absolute atomic E-state index is 5.82. The summed E-state index contributed by atoms with van der Waals surface area (Å²) in [6.45, 7) is 0.472. The molecule has 3 rings (SSSR count). The zero-order valence-corrected chi connectivity index (χ0v) is 16.3. The van der Waals surface area contributed by atoms with Crippen molar-refractivity contribution in [2.24, 2.45) is 0 Å². The quantitative estimate of drug-likeness (QED) is 0.540. The molecular weight excluding hydrogens is 456 g/mol. The fourth-order valence-corrected chi connectivity index (χ4v) is 3.06. The van der Waals surface area contributed by atoms with E-state index in [1.54, 1.807) is 6.20 Å². The van der Waals surface area contributed by atoms with Crippen LogP contribution in [0.2, 0.25) is 0 Å². The first kappa shape index (κ1) is 17.1. The summed E-state index contributed by atoms with van der Waals surface area (Å²) in [4.78, 5) is 8.38. The smallest absolute Gasteiger partial charge is 0.172 e. The second kappa shape index (κ2) is 7.87. The van der Waals surface area contributed by atoms with Gasteiger partial charge in [0.2, 0.25) is 0 Å². The van der Waals surface area contributed by atoms with E-state index >= 15 is 0 Å². The molecule has 0 spiro atoms. The Bertz CT molecular complexity index is 854. The van der Waals surface area contributed by atoms with Crippen LogP contribution in [0, 0.1) is 0 Å². The second-order valence-corrected chi connectivity index (χ2v) is 6.74. The highest BCUT2D eigenvalue weighted by Crippen LogP contribution is 2.22. The van der Waals surface area contributed by atoms with Gasteiger partial charge in [-0.25, -0.2) is 9.97 Å². The van der Waals surface area contributed by atoms with Crippen molar-refractivity contribution in [3.63, 3.8) is 0 Å². The molecule has 0 unspecified atom stereocenters. The van der Waals surface area contributed by atoms with Gasteiger partial charge in [0, 0.05) is 5.56 Å². The lowest BCUT2D eigenvalue weighted by molar-refractivity contribution is 0.516. The summed E-state index contributed by atoms with van der Waals surface area (Å²) in [6.07, 6.45) is 1.59. The lowest BCUT2D eigenvalue weighted by Crippen LogP contribution is -2.28. The van der Waals surface area contributed by atoms with Crippen LogP contribution >= 0.6 is 44.1 Å². The summed E-state index contributed by atoms with van der Waals surface area (Å²) >= 11 is 11.8. The summed E-state index contributed by atoms with van der Waals surface area (Å²) in [5.41, 5.74) is 1.04. The molecule has 8 heteroatoms. The molecule has 0 radical (unpaired) electrons. The maximum atomic E-state index is 5.82. The first-order chi connectivity index (χ1) is 11.6. The summed E-state index contributed by atoms with van der Waals surface area (Å²) < 4.78 is 7.03. The Labute approximate surface area is 161 Å². The Morgan fingerprint density at radius 2 is 1.92 bits per heavy atom. The molecule has 3 aromatic rings. The van der Waals surface area contributed by atoms with Crippen LogP contribution in [0.3, 0.4) is 0 Å². The van der Waals surface area contributed by atoms with Gasteiger partial charge in [0.15, 0.2) is 10.9 Å². The first-order valence-electron chi connectivity index (χ1n) is 6.99. The van der Waals surface area contributed by atoms with Gasteiger partial charge in [-0.05, 0) is 56.2 Å². The minimum atomic E-state index is 0.435. The second-order valence-electron chi connectivity index (χ2n) is 4.77. The number of hydrogen-bond donors (Lipinski definition) is 2. The monoisotopic (exact) mass is 466 g/mol. The topological polar surface area (TPSA) is 63.0 Å². The average molecular weight is 468 g/mol. The number of halogens is 2. The Hall–Kier alpha value is -1.77. The highest BCUT2D eigenvalue weighted by Gasteiger charge is 2.08. The predicted molar refractivity (Wildman–Crippen MR) is 105 cm³/mol. The number of aromatic nitrogens is 2. The highest BCUT2D eigenvalue weighted by molar-refractivity contribution is 9.11. The number of nitrogens with zero attached hydrogens (tertiary/aromatic N) is 2. The lowest BCUT2D eigenvalue weighted by Gasteiger charge is -2.09. The Balaban J connectivity index is 1.58. The molecule has 0 aliphatic rings. The van der Waals surface area contributed by atoms with Crippen LogP contribution in [0.25, 0.3) is 11.3 Å². The molecule has 0 bridgehead atoms. The number of anilines is 1. The number of benzene rings is 1. The number of nitrogens with one attached hydrogen (secondary N) is 2. The molecule has 0 saturated heterocycles. The molecule has 0 saturated carbocycles. The number of thiocarbonyl (C=S) groups is 1. The summed E-state index contributed by atoms with van der Waals surface area (Å²) in [5.74, 6) is 2.16. The van der Waals surface area contributed by atoms with Gasteiger partial charge in [0.05, 0.1) is 12.7 Å². The van der Waals surface area contributed by atoms with Crippen molar-refractivity contribution in [3.8, 4) is 11.3 Å². The Kier molecular flexibility index (Phi) is 5.60. The third-order valence-electron chi connectivity index (χ3n) is 3.08. The van der Waals surface area contributed by atoms with E-state index in [2.05, 4.69) is 52.5 Å². The summed E-state index contributed by atoms with van der Waals surface area (Å²) in [5, 5.41) is 6.50. The molecule has 5 nitrogen and oxygen atoms in total. The molecule has 1 aromatic carbocycles. The van der Waals surface area contributed by atoms with Crippen LogP contribution in [0.4, 0.5) is 5.82 Å². The fraction of sp³-hybridized carbons (Fsp3) is 0.0625. The third-order valence-corrected chi connectivity index (χ3v) is 4.26. The molecule has 122 valence electrons. The molecule has 0 aliphatic carbocycles. The van der Waals surface area contributed by atoms with Crippen molar-refractivity contribution in [2.75, 3.05) is 5.32 Å². The van der Waals surface area contributed by atoms with Crippen molar-refractivity contribution < 1.29 is 4.42 Å². The minimum Gasteiger partial charge on any atom is -0.459 e. The molecule has 2 heterocycles.